The van der Waals surface area contributed by atoms with Crippen LogP contribution in [0, 0.1) is 24.2 Å². The number of hydrogen-bond donors (Lipinski definition) is 0. The van der Waals surface area contributed by atoms with Crippen molar-refractivity contribution in [2.45, 2.75) is 92.0 Å². The van der Waals surface area contributed by atoms with E-state index in [1.807, 2.05) is 19.9 Å². The summed E-state index contributed by atoms with van der Waals surface area (Å²) in [4.78, 5) is 31.2. The number of nitrogens with zero attached hydrogens (tertiary/aromatic N) is 4. The first kappa shape index (κ1) is 28.5. The summed E-state index contributed by atoms with van der Waals surface area (Å²) in [6, 6.07) is 2.13. The Bertz CT molecular complexity index is 1090. The van der Waals surface area contributed by atoms with Gasteiger partial charge in [0.15, 0.2) is 0 Å². The van der Waals surface area contributed by atoms with Crippen molar-refractivity contribution in [3.05, 3.63) is 31.9 Å². The SMILES string of the molecule is CCCCCCCCN1C(=O)/C(=C\c2c(C)c(C#N)c(=O)n(CCC)c2N2CCC(C)CC2)SC1=S. The van der Waals surface area contributed by atoms with Gasteiger partial charge in [-0.2, -0.15) is 5.26 Å². The van der Waals surface area contributed by atoms with Crippen molar-refractivity contribution >= 4 is 46.1 Å². The van der Waals surface area contributed by atoms with Gasteiger partial charge in [0, 0.05) is 31.7 Å². The van der Waals surface area contributed by atoms with E-state index in [2.05, 4.69) is 24.8 Å². The molecule has 1 amide bonds. The Balaban J connectivity index is 1.97. The molecule has 6 nitrogen and oxygen atoms in total. The van der Waals surface area contributed by atoms with E-state index >= 15 is 0 Å². The van der Waals surface area contributed by atoms with Gasteiger partial charge in [-0.1, -0.05) is 76.9 Å². The van der Waals surface area contributed by atoms with Gasteiger partial charge in [-0.3, -0.25) is 19.1 Å². The quantitative estimate of drug-likeness (QED) is 0.192. The predicted molar refractivity (Wildman–Crippen MR) is 154 cm³/mol. The van der Waals surface area contributed by atoms with Crippen LogP contribution in [0.1, 0.15) is 95.2 Å². The highest BCUT2D eigenvalue weighted by molar-refractivity contribution is 8.26. The van der Waals surface area contributed by atoms with Crippen molar-refractivity contribution in [1.29, 1.82) is 5.26 Å². The molecule has 2 aliphatic heterocycles. The number of aromatic nitrogens is 1. The number of carbonyl (C=O) groups is 1. The minimum absolute atomic E-state index is 0.0667. The number of thioether (sulfide) groups is 1. The molecule has 36 heavy (non-hydrogen) atoms. The van der Waals surface area contributed by atoms with E-state index in [0.29, 0.717) is 33.8 Å². The number of anilines is 1. The summed E-state index contributed by atoms with van der Waals surface area (Å²) in [6.07, 6.45) is 11.7. The van der Waals surface area contributed by atoms with Crippen LogP contribution in [0.5, 0.6) is 0 Å². The second-order valence-corrected chi connectivity index (χ2v) is 11.8. The summed E-state index contributed by atoms with van der Waals surface area (Å²) >= 11 is 6.91. The van der Waals surface area contributed by atoms with Gasteiger partial charge in [0.25, 0.3) is 11.5 Å². The number of rotatable bonds is 11. The minimum Gasteiger partial charge on any atom is -0.357 e. The fraction of sp³-hybridized carbons (Fsp3) is 0.643. The highest BCUT2D eigenvalue weighted by Gasteiger charge is 2.33. The highest BCUT2D eigenvalue weighted by atomic mass is 32.2. The standard InChI is InChI=1S/C28H40N4O2S2/c1-5-7-8-9-10-11-15-32-27(34)24(36-28(32)35)18-22-21(4)23(19-29)26(33)31(14-6-2)25(22)30-16-12-20(3)13-17-30/h18,20H,5-17H2,1-4H3/b24-18+. The number of carbonyl (C=O) groups excluding carboxylic acids is 1. The Morgan fingerprint density at radius 2 is 1.72 bits per heavy atom. The fourth-order valence-electron chi connectivity index (χ4n) is 5.01. The molecule has 0 unspecified atom stereocenters. The number of pyridine rings is 1. The van der Waals surface area contributed by atoms with E-state index in [-0.39, 0.29) is 17.0 Å². The molecule has 0 atom stereocenters. The van der Waals surface area contributed by atoms with E-state index in [0.717, 1.165) is 56.6 Å². The minimum atomic E-state index is -0.238. The second-order valence-electron chi connectivity index (χ2n) is 10.1. The molecule has 0 radical (unpaired) electrons. The number of piperidine rings is 1. The highest BCUT2D eigenvalue weighted by Crippen LogP contribution is 2.37. The molecule has 2 aliphatic rings. The summed E-state index contributed by atoms with van der Waals surface area (Å²) in [6.45, 7) is 11.2. The number of hydrogen-bond acceptors (Lipinski definition) is 6. The first-order valence-corrected chi connectivity index (χ1v) is 14.7. The van der Waals surface area contributed by atoms with Crippen LogP contribution >= 0.6 is 24.0 Å². The average Bonchev–Trinajstić information content (AvgIpc) is 3.12. The number of unbranched alkanes of at least 4 members (excludes halogenated alkanes) is 5. The fourth-order valence-corrected chi connectivity index (χ4v) is 6.30. The monoisotopic (exact) mass is 528 g/mol. The lowest BCUT2D eigenvalue weighted by Crippen LogP contribution is -2.39. The van der Waals surface area contributed by atoms with Gasteiger partial charge in [-0.15, -0.1) is 0 Å². The van der Waals surface area contributed by atoms with Crippen LogP contribution in [0.25, 0.3) is 6.08 Å². The Hall–Kier alpha value is -2.11. The second kappa shape index (κ2) is 13.4. The molecule has 1 aromatic rings. The van der Waals surface area contributed by atoms with Gasteiger partial charge in [-0.05, 0) is 50.2 Å². The van der Waals surface area contributed by atoms with Crippen LogP contribution < -0.4 is 10.5 Å². The van der Waals surface area contributed by atoms with E-state index in [4.69, 9.17) is 12.2 Å². The third-order valence-corrected chi connectivity index (χ3v) is 8.64. The normalized spacial score (nSPS) is 17.9. The molecule has 0 aliphatic carbocycles. The van der Waals surface area contributed by atoms with E-state index in [9.17, 15) is 14.9 Å². The molecule has 0 N–H and O–H groups in total. The third kappa shape index (κ3) is 6.41. The summed E-state index contributed by atoms with van der Waals surface area (Å²) in [7, 11) is 0. The predicted octanol–water partition coefficient (Wildman–Crippen LogP) is 6.24. The van der Waals surface area contributed by atoms with Crippen LogP contribution in [0.15, 0.2) is 9.70 Å². The Labute approximate surface area is 225 Å². The number of thiocarbonyl (C=S) groups is 1. The molecule has 2 saturated heterocycles. The molecule has 0 bridgehead atoms. The summed E-state index contributed by atoms with van der Waals surface area (Å²) in [5.74, 6) is 1.42. The third-order valence-electron chi connectivity index (χ3n) is 7.26. The van der Waals surface area contributed by atoms with Crippen molar-refractivity contribution in [3.63, 3.8) is 0 Å². The maximum atomic E-state index is 13.4. The molecule has 0 aromatic carbocycles. The lowest BCUT2D eigenvalue weighted by molar-refractivity contribution is -0.122. The van der Waals surface area contributed by atoms with Crippen molar-refractivity contribution < 1.29 is 4.79 Å². The zero-order chi connectivity index (χ0) is 26.2. The molecule has 2 fully saturated rings. The molecule has 1 aromatic heterocycles. The average molecular weight is 529 g/mol. The van der Waals surface area contributed by atoms with Crippen molar-refractivity contribution in [1.82, 2.24) is 9.47 Å². The summed E-state index contributed by atoms with van der Waals surface area (Å²) in [5, 5.41) is 9.82. The van der Waals surface area contributed by atoms with Gasteiger partial charge in [0.2, 0.25) is 0 Å². The number of amides is 1. The zero-order valence-corrected chi connectivity index (χ0v) is 23.9. The molecule has 3 rings (SSSR count). The van der Waals surface area contributed by atoms with E-state index < -0.39 is 0 Å². The first-order chi connectivity index (χ1) is 17.3. The molecular formula is C28H40N4O2S2. The van der Waals surface area contributed by atoms with Crippen LogP contribution in [-0.2, 0) is 11.3 Å². The molecule has 8 heteroatoms. The van der Waals surface area contributed by atoms with Crippen LogP contribution in [0.4, 0.5) is 5.82 Å². The molecular weight excluding hydrogens is 488 g/mol. The zero-order valence-electron chi connectivity index (χ0n) is 22.3. The molecule has 0 spiro atoms. The maximum Gasteiger partial charge on any atom is 0.270 e. The van der Waals surface area contributed by atoms with Gasteiger partial charge in [-0.25, -0.2) is 0 Å². The Kier molecular flexibility index (Phi) is 10.6. The topological polar surface area (TPSA) is 69.3 Å². The van der Waals surface area contributed by atoms with Crippen LogP contribution in [-0.4, -0.2) is 39.3 Å². The van der Waals surface area contributed by atoms with Gasteiger partial charge >= 0.3 is 0 Å². The first-order valence-electron chi connectivity index (χ1n) is 13.5. The van der Waals surface area contributed by atoms with Crippen molar-refractivity contribution in [2.75, 3.05) is 24.5 Å². The smallest absolute Gasteiger partial charge is 0.270 e. The van der Waals surface area contributed by atoms with Gasteiger partial charge in [0.05, 0.1) is 4.91 Å². The molecule has 3 heterocycles. The van der Waals surface area contributed by atoms with Gasteiger partial charge < -0.3 is 4.90 Å². The van der Waals surface area contributed by atoms with Crippen LogP contribution in [0.3, 0.4) is 0 Å². The maximum absolute atomic E-state index is 13.4. The van der Waals surface area contributed by atoms with Crippen LogP contribution in [0.2, 0.25) is 0 Å². The van der Waals surface area contributed by atoms with Gasteiger partial charge in [0.1, 0.15) is 21.8 Å². The van der Waals surface area contributed by atoms with E-state index in [1.165, 1.54) is 37.4 Å². The van der Waals surface area contributed by atoms with Crippen molar-refractivity contribution in [3.8, 4) is 6.07 Å². The Morgan fingerprint density at radius 1 is 1.06 bits per heavy atom. The van der Waals surface area contributed by atoms with E-state index in [1.54, 1.807) is 9.47 Å². The lowest BCUT2D eigenvalue weighted by Gasteiger charge is -2.35. The number of nitriles is 1. The van der Waals surface area contributed by atoms with Crippen molar-refractivity contribution in [2.24, 2.45) is 5.92 Å². The Morgan fingerprint density at radius 3 is 2.36 bits per heavy atom. The summed E-state index contributed by atoms with van der Waals surface area (Å²) < 4.78 is 2.35. The molecule has 196 valence electrons. The molecule has 0 saturated carbocycles. The summed E-state index contributed by atoms with van der Waals surface area (Å²) in [5.41, 5.74) is 1.36. The largest absolute Gasteiger partial charge is 0.357 e. The lowest BCUT2D eigenvalue weighted by atomic mass is 9.97.